The van der Waals surface area contributed by atoms with E-state index in [1.807, 2.05) is 13.8 Å². The normalized spacial score (nSPS) is 19.4. The van der Waals surface area contributed by atoms with Gasteiger partial charge in [0, 0.05) is 51.2 Å². The summed E-state index contributed by atoms with van der Waals surface area (Å²) in [6.07, 6.45) is 3.37. The van der Waals surface area contributed by atoms with Crippen molar-refractivity contribution < 1.29 is 38.6 Å². The Kier molecular flexibility index (Phi) is 12.3. The molecule has 2 unspecified atom stereocenters. The molecule has 1 aliphatic rings. The fraction of sp³-hybridized carbons (Fsp3) is 0.654. The minimum absolute atomic E-state index is 0.0250. The zero-order valence-corrected chi connectivity index (χ0v) is 24.2. The number of aliphatic carboxylic acids is 2. The van der Waals surface area contributed by atoms with Crippen LogP contribution in [0.15, 0.2) is 12.1 Å². The van der Waals surface area contributed by atoms with E-state index in [1.165, 1.54) is 6.92 Å². The Morgan fingerprint density at radius 1 is 1.11 bits per heavy atom. The highest BCUT2D eigenvalue weighted by Crippen LogP contribution is 2.59. The minimum Gasteiger partial charge on any atom is -0.507 e. The Hall–Kier alpha value is -1.72. The second kappa shape index (κ2) is 14.4. The summed E-state index contributed by atoms with van der Waals surface area (Å²) >= 11 is 3.24. The van der Waals surface area contributed by atoms with E-state index in [4.69, 9.17) is 4.74 Å². The van der Waals surface area contributed by atoms with E-state index in [9.17, 15) is 33.9 Å². The van der Waals surface area contributed by atoms with Crippen molar-refractivity contribution in [2.75, 3.05) is 23.9 Å². The number of benzene rings is 1. The maximum atomic E-state index is 13.0. The molecule has 1 heterocycles. The number of thioether (sulfide) groups is 2. The second-order valence-electron chi connectivity index (χ2n) is 9.36. The zero-order valence-electron chi connectivity index (χ0n) is 21.7. The van der Waals surface area contributed by atoms with Crippen molar-refractivity contribution in [2.45, 2.75) is 81.0 Å². The number of carboxylic acids is 2. The van der Waals surface area contributed by atoms with Crippen LogP contribution in [-0.2, 0) is 26.8 Å². The fourth-order valence-electron chi connectivity index (χ4n) is 4.33. The third-order valence-electron chi connectivity index (χ3n) is 6.40. The molecule has 1 saturated heterocycles. The van der Waals surface area contributed by atoms with E-state index in [1.54, 1.807) is 35.7 Å². The van der Waals surface area contributed by atoms with E-state index in [-0.39, 0.29) is 34.7 Å². The molecule has 1 fully saturated rings. The first-order valence-corrected chi connectivity index (χ1v) is 15.9. The molecule has 0 aliphatic carbocycles. The van der Waals surface area contributed by atoms with Crippen LogP contribution in [0.5, 0.6) is 11.5 Å². The van der Waals surface area contributed by atoms with Crippen molar-refractivity contribution in [1.29, 1.82) is 0 Å². The highest BCUT2D eigenvalue weighted by molar-refractivity contribution is 8.22. The molecule has 208 valence electrons. The maximum Gasteiger partial charge on any atom is 0.303 e. The molecule has 3 N–H and O–H groups in total. The van der Waals surface area contributed by atoms with Crippen molar-refractivity contribution in [2.24, 2.45) is 0 Å². The van der Waals surface area contributed by atoms with Gasteiger partial charge in [-0.3, -0.25) is 18.6 Å². The predicted molar refractivity (Wildman–Crippen MR) is 150 cm³/mol. The van der Waals surface area contributed by atoms with Crippen LogP contribution >= 0.6 is 23.5 Å². The molecule has 1 aromatic carbocycles. The number of phenols is 1. The van der Waals surface area contributed by atoms with Gasteiger partial charge in [-0.15, -0.1) is 23.5 Å². The highest BCUT2D eigenvalue weighted by atomic mass is 32.2. The van der Waals surface area contributed by atoms with Crippen LogP contribution in [0, 0.1) is 0 Å². The lowest BCUT2D eigenvalue weighted by molar-refractivity contribution is -0.137. The highest BCUT2D eigenvalue weighted by Gasteiger charge is 2.49. The van der Waals surface area contributed by atoms with Gasteiger partial charge in [-0.2, -0.15) is 0 Å². The van der Waals surface area contributed by atoms with Crippen LogP contribution in [0.4, 0.5) is 0 Å². The summed E-state index contributed by atoms with van der Waals surface area (Å²) in [5.41, 5.74) is 0.885. The molecule has 0 bridgehead atoms. The molecule has 0 radical (unpaired) electrons. The van der Waals surface area contributed by atoms with Gasteiger partial charge in [0.05, 0.1) is 16.2 Å². The smallest absolute Gasteiger partial charge is 0.303 e. The van der Waals surface area contributed by atoms with Gasteiger partial charge >= 0.3 is 11.9 Å². The molecule has 0 saturated carbocycles. The summed E-state index contributed by atoms with van der Waals surface area (Å²) < 4.78 is 18.1. The average molecular weight is 575 g/mol. The molecule has 0 spiro atoms. The summed E-state index contributed by atoms with van der Waals surface area (Å²) in [6.45, 7) is 5.75. The van der Waals surface area contributed by atoms with Crippen LogP contribution in [0.2, 0.25) is 0 Å². The van der Waals surface area contributed by atoms with Gasteiger partial charge in [0.25, 0.3) is 0 Å². The lowest BCUT2D eigenvalue weighted by Gasteiger charge is -2.31. The molecule has 1 aliphatic heterocycles. The van der Waals surface area contributed by atoms with E-state index in [0.29, 0.717) is 60.9 Å². The largest absolute Gasteiger partial charge is 0.507 e. The number of carbonyl (C=O) groups is 3. The Labute approximate surface area is 229 Å². The van der Waals surface area contributed by atoms with Crippen LogP contribution in [0.25, 0.3) is 0 Å². The van der Waals surface area contributed by atoms with Crippen LogP contribution in [0.1, 0.15) is 81.6 Å². The molecule has 2 atom stereocenters. The number of Topliss-reactive ketones (excluding diaryl/α,β-unsaturated/α-hetero) is 1. The SMILES string of the molecule is CCCc1c(OCCCS(=O)CC2(CC)CSC(CCC(=O)O)(CCC(=O)O)S2)ccc(C(C)=O)c1O. The number of rotatable bonds is 17. The minimum atomic E-state index is -1.13. The molecular weight excluding hydrogens is 536 g/mol. The topological polar surface area (TPSA) is 138 Å². The predicted octanol–water partition coefficient (Wildman–Crippen LogP) is 5.12. The van der Waals surface area contributed by atoms with E-state index >= 15 is 0 Å². The van der Waals surface area contributed by atoms with Gasteiger partial charge in [0.1, 0.15) is 11.5 Å². The Balaban J connectivity index is 1.96. The first kappa shape index (κ1) is 31.5. The molecule has 2 rings (SSSR count). The van der Waals surface area contributed by atoms with Gasteiger partial charge in [0.2, 0.25) is 0 Å². The van der Waals surface area contributed by atoms with Crippen molar-refractivity contribution in [3.8, 4) is 11.5 Å². The number of phenolic OH excluding ortho intramolecular Hbond substituents is 1. The quantitative estimate of drug-likeness (QED) is 0.170. The van der Waals surface area contributed by atoms with Crippen LogP contribution < -0.4 is 4.74 Å². The monoisotopic (exact) mass is 574 g/mol. The molecule has 37 heavy (non-hydrogen) atoms. The second-order valence-corrected chi connectivity index (χ2v) is 14.4. The molecule has 1 aromatic rings. The van der Waals surface area contributed by atoms with Gasteiger partial charge < -0.3 is 20.1 Å². The van der Waals surface area contributed by atoms with Gasteiger partial charge in [0.15, 0.2) is 5.78 Å². The van der Waals surface area contributed by atoms with Crippen molar-refractivity contribution >= 4 is 52.0 Å². The van der Waals surface area contributed by atoms with Crippen LogP contribution in [-0.4, -0.2) is 69.9 Å². The van der Waals surface area contributed by atoms with Crippen LogP contribution in [0.3, 0.4) is 0 Å². The van der Waals surface area contributed by atoms with Gasteiger partial charge in [-0.1, -0.05) is 20.3 Å². The Morgan fingerprint density at radius 3 is 2.30 bits per heavy atom. The first-order valence-electron chi connectivity index (χ1n) is 12.6. The number of ketones is 1. The Bertz CT molecular complexity index is 978. The third kappa shape index (κ3) is 9.21. The third-order valence-corrected chi connectivity index (χ3v) is 12.4. The lowest BCUT2D eigenvalue weighted by atomic mass is 10.0. The number of carboxylic acid groups (broad SMARTS) is 2. The van der Waals surface area contributed by atoms with E-state index in [2.05, 4.69) is 0 Å². The average Bonchev–Trinajstić information content (AvgIpc) is 3.20. The standard InChI is InChI=1S/C26H38O8S3/c1-4-7-20-21(9-8-19(18(3)27)24(20)32)34-14-6-15-37(33)17-25(5-2)16-35-26(36-25,12-10-22(28)29)13-11-23(30)31/h8-9,32H,4-7,10-17H2,1-3H3,(H,28,29)(H,30,31). The van der Waals surface area contributed by atoms with Gasteiger partial charge in [-0.05, 0) is 51.2 Å². The Morgan fingerprint density at radius 2 is 1.76 bits per heavy atom. The number of aromatic hydroxyl groups is 1. The molecule has 0 aromatic heterocycles. The zero-order chi connectivity index (χ0) is 27.6. The number of hydrogen-bond acceptors (Lipinski definition) is 8. The number of ether oxygens (including phenoxy) is 1. The van der Waals surface area contributed by atoms with Gasteiger partial charge in [-0.25, -0.2) is 0 Å². The summed E-state index contributed by atoms with van der Waals surface area (Å²) in [5.74, 6) is 0.0787. The number of hydrogen-bond donors (Lipinski definition) is 3. The summed E-state index contributed by atoms with van der Waals surface area (Å²) in [7, 11) is -1.13. The van der Waals surface area contributed by atoms with Crippen molar-refractivity contribution in [3.05, 3.63) is 23.3 Å². The molecule has 0 amide bonds. The molecular formula is C26H38O8S3. The summed E-state index contributed by atoms with van der Waals surface area (Å²) in [5, 5.41) is 28.8. The summed E-state index contributed by atoms with van der Waals surface area (Å²) in [6, 6.07) is 3.26. The van der Waals surface area contributed by atoms with Crippen molar-refractivity contribution in [1.82, 2.24) is 0 Å². The molecule has 8 nitrogen and oxygen atoms in total. The summed E-state index contributed by atoms with van der Waals surface area (Å²) in [4.78, 5) is 34.1. The first-order chi connectivity index (χ1) is 17.5. The van der Waals surface area contributed by atoms with E-state index < -0.39 is 26.8 Å². The molecule has 11 heteroatoms. The fourth-order valence-corrected chi connectivity index (χ4v) is 10.6. The maximum absolute atomic E-state index is 13.0. The van der Waals surface area contributed by atoms with E-state index in [0.717, 1.165) is 12.8 Å². The lowest BCUT2D eigenvalue weighted by Crippen LogP contribution is -2.33. The number of carbonyl (C=O) groups excluding carboxylic acids is 1. The van der Waals surface area contributed by atoms with Crippen molar-refractivity contribution in [3.63, 3.8) is 0 Å².